The maximum atomic E-state index is 14.4. The Morgan fingerprint density at radius 2 is 1.85 bits per heavy atom. The van der Waals surface area contributed by atoms with E-state index in [1.54, 1.807) is 17.1 Å². The molecule has 1 aliphatic heterocycles. The van der Waals surface area contributed by atoms with Gasteiger partial charge in [0.25, 0.3) is 11.5 Å². The maximum absolute atomic E-state index is 14.4. The molecule has 0 saturated carbocycles. The normalized spacial score (nSPS) is 15.1. The van der Waals surface area contributed by atoms with Gasteiger partial charge in [-0.3, -0.25) is 23.8 Å². The molecule has 9 nitrogen and oxygen atoms in total. The Bertz CT molecular complexity index is 1630. The predicted octanol–water partition coefficient (Wildman–Crippen LogP) is 4.25. The van der Waals surface area contributed by atoms with E-state index in [-0.39, 0.29) is 24.6 Å². The number of halogens is 2. The van der Waals surface area contributed by atoms with E-state index in [0.717, 1.165) is 23.4 Å². The average Bonchev–Trinajstić information content (AvgIpc) is 3.63. The molecule has 0 aliphatic carbocycles. The molecular weight excluding hydrogens is 518 g/mol. The minimum absolute atomic E-state index is 0.0594. The van der Waals surface area contributed by atoms with Gasteiger partial charge in [-0.05, 0) is 37.3 Å². The minimum Gasteiger partial charge on any atom is -0.493 e. The molecule has 4 heterocycles. The summed E-state index contributed by atoms with van der Waals surface area (Å²) < 4.78 is 30.9. The van der Waals surface area contributed by atoms with Gasteiger partial charge in [0.2, 0.25) is 5.88 Å². The van der Waals surface area contributed by atoms with Gasteiger partial charge >= 0.3 is 0 Å². The van der Waals surface area contributed by atoms with E-state index in [1.165, 1.54) is 9.47 Å². The van der Waals surface area contributed by atoms with Gasteiger partial charge in [0, 0.05) is 37.8 Å². The van der Waals surface area contributed by atoms with E-state index in [9.17, 15) is 23.5 Å². The Hall–Kier alpha value is -4.41. The van der Waals surface area contributed by atoms with Crippen molar-refractivity contribution >= 4 is 5.91 Å². The van der Waals surface area contributed by atoms with Crippen LogP contribution in [0.2, 0.25) is 0 Å². The molecule has 5 rings (SSSR count). The quantitative estimate of drug-likeness (QED) is 0.370. The second-order valence-corrected chi connectivity index (χ2v) is 9.75. The molecular formula is C29H30F2N6O3. The molecule has 11 heteroatoms. The van der Waals surface area contributed by atoms with Crippen LogP contribution in [0.3, 0.4) is 0 Å². The van der Waals surface area contributed by atoms with E-state index in [0.29, 0.717) is 37.1 Å². The zero-order valence-corrected chi connectivity index (χ0v) is 22.6. The monoisotopic (exact) mass is 548 g/mol. The molecule has 1 aliphatic rings. The maximum Gasteiger partial charge on any atom is 0.290 e. The first-order valence-corrected chi connectivity index (χ1v) is 13.4. The molecule has 208 valence electrons. The summed E-state index contributed by atoms with van der Waals surface area (Å²) in [5.41, 5.74) is 1.70. The molecule has 1 aromatic carbocycles. The summed E-state index contributed by atoms with van der Waals surface area (Å²) in [5.74, 6) is -3.11. The second kappa shape index (κ2) is 11.0. The molecule has 1 atom stereocenters. The van der Waals surface area contributed by atoms with E-state index in [2.05, 4.69) is 15.1 Å². The van der Waals surface area contributed by atoms with Crippen LogP contribution in [0.15, 0.2) is 47.7 Å². The molecule has 4 aromatic rings. The number of carbonyl (C=O) groups excluding carboxylic acids is 1. The second-order valence-electron chi connectivity index (χ2n) is 9.75. The molecule has 1 amide bonds. The molecule has 1 fully saturated rings. The zero-order chi connectivity index (χ0) is 28.6. The van der Waals surface area contributed by atoms with E-state index < -0.39 is 40.5 Å². The molecule has 0 spiro atoms. The van der Waals surface area contributed by atoms with Crippen LogP contribution in [0, 0.1) is 11.6 Å². The van der Waals surface area contributed by atoms with Crippen LogP contribution < -0.4 is 5.56 Å². The van der Waals surface area contributed by atoms with Crippen molar-refractivity contribution in [2.24, 2.45) is 0 Å². The first-order chi connectivity index (χ1) is 19.3. The number of hydrogen-bond acceptors (Lipinski definition) is 6. The van der Waals surface area contributed by atoms with Gasteiger partial charge in [-0.25, -0.2) is 8.78 Å². The molecule has 3 aromatic heterocycles. The highest BCUT2D eigenvalue weighted by atomic mass is 19.1. The van der Waals surface area contributed by atoms with Crippen molar-refractivity contribution in [2.45, 2.75) is 52.5 Å². The fourth-order valence-electron chi connectivity index (χ4n) is 5.31. The summed E-state index contributed by atoms with van der Waals surface area (Å²) in [6, 6.07) is 6.56. The smallest absolute Gasteiger partial charge is 0.290 e. The number of rotatable bonds is 7. The Labute approximate surface area is 229 Å². The van der Waals surface area contributed by atoms with Crippen LogP contribution >= 0.6 is 0 Å². The van der Waals surface area contributed by atoms with Gasteiger partial charge < -0.3 is 10.0 Å². The van der Waals surface area contributed by atoms with Gasteiger partial charge in [-0.2, -0.15) is 10.1 Å². The Morgan fingerprint density at radius 1 is 1.12 bits per heavy atom. The van der Waals surface area contributed by atoms with Gasteiger partial charge in [0.15, 0.2) is 11.4 Å². The number of hydrogen-bond donors (Lipinski definition) is 1. The SMILES string of the molecule is CCc1cccc(CC)c1-n1c(-c2cnn(CC)c2)nc(=O)c(C(=O)N2CCC(c3ncc(F)cc3F)C2)c1O. The summed E-state index contributed by atoms with van der Waals surface area (Å²) >= 11 is 0. The number of carbonyl (C=O) groups is 1. The van der Waals surface area contributed by atoms with Crippen molar-refractivity contribution in [3.8, 4) is 23.0 Å². The van der Waals surface area contributed by atoms with E-state index in [1.807, 2.05) is 39.0 Å². The molecule has 1 unspecified atom stereocenters. The van der Waals surface area contributed by atoms with Crippen molar-refractivity contribution in [1.29, 1.82) is 0 Å². The first kappa shape index (κ1) is 27.2. The predicted molar refractivity (Wildman–Crippen MR) is 145 cm³/mol. The number of benzene rings is 1. The lowest BCUT2D eigenvalue weighted by atomic mass is 10.0. The summed E-state index contributed by atoms with van der Waals surface area (Å²) in [6.07, 6.45) is 5.88. The van der Waals surface area contributed by atoms with Crippen molar-refractivity contribution in [2.75, 3.05) is 13.1 Å². The van der Waals surface area contributed by atoms with Crippen molar-refractivity contribution in [1.82, 2.24) is 29.2 Å². The lowest BCUT2D eigenvalue weighted by Crippen LogP contribution is -2.34. The highest BCUT2D eigenvalue weighted by Gasteiger charge is 2.35. The number of aromatic hydroxyl groups is 1. The van der Waals surface area contributed by atoms with Crippen molar-refractivity contribution in [3.05, 3.63) is 87.2 Å². The Kier molecular flexibility index (Phi) is 7.46. The van der Waals surface area contributed by atoms with Crippen molar-refractivity contribution in [3.63, 3.8) is 0 Å². The van der Waals surface area contributed by atoms with Crippen LogP contribution in [0.25, 0.3) is 17.1 Å². The molecule has 0 bridgehead atoms. The number of aromatic nitrogens is 5. The average molecular weight is 549 g/mol. The van der Waals surface area contributed by atoms with Crippen LogP contribution in [-0.4, -0.2) is 53.3 Å². The first-order valence-electron chi connectivity index (χ1n) is 13.4. The van der Waals surface area contributed by atoms with Gasteiger partial charge in [0.1, 0.15) is 11.6 Å². The van der Waals surface area contributed by atoms with Gasteiger partial charge in [-0.1, -0.05) is 32.0 Å². The number of aryl methyl sites for hydroxylation is 3. The van der Waals surface area contributed by atoms with Crippen LogP contribution in [0.4, 0.5) is 8.78 Å². The summed E-state index contributed by atoms with van der Waals surface area (Å²) in [6.45, 7) is 6.76. The fraction of sp³-hybridized carbons (Fsp3) is 0.345. The van der Waals surface area contributed by atoms with Crippen LogP contribution in [0.5, 0.6) is 5.88 Å². The summed E-state index contributed by atoms with van der Waals surface area (Å²) in [7, 11) is 0. The summed E-state index contributed by atoms with van der Waals surface area (Å²) in [4.78, 5) is 36.7. The number of likely N-dealkylation sites (tertiary alicyclic amines) is 1. The minimum atomic E-state index is -0.875. The van der Waals surface area contributed by atoms with Crippen LogP contribution in [-0.2, 0) is 19.4 Å². The third-order valence-electron chi connectivity index (χ3n) is 7.38. The molecule has 0 radical (unpaired) electrons. The third kappa shape index (κ3) is 4.76. The zero-order valence-electron chi connectivity index (χ0n) is 22.6. The highest BCUT2D eigenvalue weighted by molar-refractivity contribution is 5.96. The van der Waals surface area contributed by atoms with Gasteiger partial charge in [-0.15, -0.1) is 0 Å². The Morgan fingerprint density at radius 3 is 2.48 bits per heavy atom. The topological polar surface area (TPSA) is 106 Å². The third-order valence-corrected chi connectivity index (χ3v) is 7.38. The lowest BCUT2D eigenvalue weighted by molar-refractivity contribution is 0.0784. The van der Waals surface area contributed by atoms with E-state index in [4.69, 9.17) is 0 Å². The number of pyridine rings is 1. The van der Waals surface area contributed by atoms with Crippen LogP contribution in [0.1, 0.15) is 60.3 Å². The summed E-state index contributed by atoms with van der Waals surface area (Å²) in [5, 5.41) is 16.0. The fourth-order valence-corrected chi connectivity index (χ4v) is 5.31. The number of para-hydroxylation sites is 1. The molecule has 40 heavy (non-hydrogen) atoms. The lowest BCUT2D eigenvalue weighted by Gasteiger charge is -2.23. The molecule has 1 saturated heterocycles. The standard InChI is InChI=1S/C29H30F2N6O3/c1-4-17-8-7-9-18(5-2)25(17)37-26(20-13-33-36(6-3)16-20)34-27(38)23(29(37)40)28(39)35-11-10-19(15-35)24-22(31)12-21(30)14-32-24/h7-9,12-14,16,19,40H,4-6,10-11,15H2,1-3H3. The Balaban J connectivity index is 1.64. The molecule has 1 N–H and O–H groups in total. The highest BCUT2D eigenvalue weighted by Crippen LogP contribution is 2.34. The van der Waals surface area contributed by atoms with Gasteiger partial charge in [0.05, 0.1) is 29.3 Å². The van der Waals surface area contributed by atoms with Crippen molar-refractivity contribution < 1.29 is 18.7 Å². The number of nitrogens with zero attached hydrogens (tertiary/aromatic N) is 6. The largest absolute Gasteiger partial charge is 0.493 e. The number of amides is 1. The van der Waals surface area contributed by atoms with E-state index >= 15 is 0 Å².